The van der Waals surface area contributed by atoms with E-state index < -0.39 is 0 Å². The Morgan fingerprint density at radius 1 is 0.886 bits per heavy atom. The first kappa shape index (κ1) is 22.9. The van der Waals surface area contributed by atoms with Crippen LogP contribution in [-0.2, 0) is 6.54 Å². The van der Waals surface area contributed by atoms with Gasteiger partial charge in [-0.3, -0.25) is 0 Å². The van der Waals surface area contributed by atoms with E-state index in [2.05, 4.69) is 128 Å². The molecule has 1 aliphatic heterocycles. The van der Waals surface area contributed by atoms with Crippen molar-refractivity contribution in [1.82, 2.24) is 0 Å². The minimum absolute atomic E-state index is 0.848. The Bertz CT molecular complexity index is 1470. The average molecular weight is 478 g/mol. The zero-order chi connectivity index (χ0) is 24.2. The molecule has 0 spiro atoms. The second-order valence-corrected chi connectivity index (χ2v) is 9.66. The number of thiazole rings is 1. The van der Waals surface area contributed by atoms with E-state index in [0.717, 1.165) is 29.2 Å². The van der Waals surface area contributed by atoms with Crippen molar-refractivity contribution >= 4 is 45.0 Å². The van der Waals surface area contributed by atoms with E-state index in [1.165, 1.54) is 26.5 Å². The highest BCUT2D eigenvalue weighted by atomic mass is 32.1. The number of fused-ring (bicyclic) bond motifs is 2. The van der Waals surface area contributed by atoms with E-state index in [1.54, 1.807) is 11.3 Å². The van der Waals surface area contributed by atoms with Crippen LogP contribution < -0.4 is 14.2 Å². The molecular weight excluding hydrogens is 448 g/mol. The number of nitrogens with zero attached hydrogens (tertiary/aromatic N) is 2. The second kappa shape index (κ2) is 10.2. The lowest BCUT2D eigenvalue weighted by Crippen LogP contribution is -2.33. The number of aromatic nitrogens is 1. The Kier molecular flexibility index (Phi) is 6.64. The van der Waals surface area contributed by atoms with Crippen molar-refractivity contribution < 1.29 is 9.30 Å². The fourth-order valence-corrected chi connectivity index (χ4v) is 5.38. The molecule has 0 fully saturated rings. The summed E-state index contributed by atoms with van der Waals surface area (Å²) < 4.78 is 9.91. The van der Waals surface area contributed by atoms with Crippen LogP contribution in [0.4, 0.5) is 5.69 Å². The lowest BCUT2D eigenvalue weighted by Gasteiger charge is -2.18. The second-order valence-electron chi connectivity index (χ2n) is 8.60. The highest BCUT2D eigenvalue weighted by Gasteiger charge is 2.20. The van der Waals surface area contributed by atoms with Crippen molar-refractivity contribution in [3.05, 3.63) is 119 Å². The van der Waals surface area contributed by atoms with Crippen molar-refractivity contribution in [2.45, 2.75) is 13.5 Å². The summed E-state index contributed by atoms with van der Waals surface area (Å²) in [7, 11) is 4.11. The number of rotatable bonds is 6. The van der Waals surface area contributed by atoms with Crippen LogP contribution in [0.2, 0.25) is 0 Å². The quantitative estimate of drug-likeness (QED) is 0.213. The maximum absolute atomic E-state index is 6.29. The van der Waals surface area contributed by atoms with Gasteiger partial charge < -0.3 is 9.64 Å². The molecule has 3 aromatic carbocycles. The highest BCUT2D eigenvalue weighted by Crippen LogP contribution is 2.35. The molecule has 0 atom stereocenters. The van der Waals surface area contributed by atoms with Crippen LogP contribution in [0.15, 0.2) is 103 Å². The maximum atomic E-state index is 6.29. The van der Waals surface area contributed by atoms with Crippen LogP contribution in [0.1, 0.15) is 23.1 Å². The number of para-hydroxylation sites is 2. The summed E-state index contributed by atoms with van der Waals surface area (Å²) in [5, 5.41) is 1.18. The molecule has 3 nitrogen and oxygen atoms in total. The van der Waals surface area contributed by atoms with Gasteiger partial charge in [-0.15, -0.1) is 0 Å². The van der Waals surface area contributed by atoms with Crippen LogP contribution in [0.25, 0.3) is 27.9 Å². The highest BCUT2D eigenvalue weighted by molar-refractivity contribution is 7.18. The molecule has 0 bridgehead atoms. The Balaban J connectivity index is 1.44. The summed E-state index contributed by atoms with van der Waals surface area (Å²) in [6.45, 7) is 3.10. The predicted octanol–water partition coefficient (Wildman–Crippen LogP) is 7.36. The summed E-state index contributed by atoms with van der Waals surface area (Å²) in [5.74, 6) is 1.73. The van der Waals surface area contributed by atoms with Crippen molar-refractivity contribution in [3.63, 3.8) is 0 Å². The van der Waals surface area contributed by atoms with E-state index in [4.69, 9.17) is 4.74 Å². The van der Waals surface area contributed by atoms with Gasteiger partial charge in [-0.05, 0) is 48.4 Å². The van der Waals surface area contributed by atoms with Gasteiger partial charge in [0.05, 0.1) is 6.08 Å². The smallest absolute Gasteiger partial charge is 0.266 e. The number of hydrogen-bond donors (Lipinski definition) is 0. The van der Waals surface area contributed by atoms with Gasteiger partial charge in [0.15, 0.2) is 0 Å². The lowest BCUT2D eigenvalue weighted by atomic mass is 10.0. The van der Waals surface area contributed by atoms with Crippen molar-refractivity contribution in [3.8, 4) is 5.75 Å². The monoisotopic (exact) mass is 477 g/mol. The first-order valence-electron chi connectivity index (χ1n) is 11.9. The molecule has 0 amide bonds. The van der Waals surface area contributed by atoms with Gasteiger partial charge in [-0.2, -0.15) is 4.57 Å². The Morgan fingerprint density at radius 2 is 1.63 bits per heavy atom. The summed E-state index contributed by atoms with van der Waals surface area (Å²) in [4.78, 5) is 2.11. The van der Waals surface area contributed by atoms with Gasteiger partial charge in [0.1, 0.15) is 22.8 Å². The first-order chi connectivity index (χ1) is 17.1. The topological polar surface area (TPSA) is 16.4 Å². The Hall–Kier alpha value is -3.89. The molecule has 4 heteroatoms. The fourth-order valence-electron chi connectivity index (χ4n) is 4.21. The molecule has 0 unspecified atom stereocenters. The molecule has 35 heavy (non-hydrogen) atoms. The third-order valence-corrected chi connectivity index (χ3v) is 7.14. The van der Waals surface area contributed by atoms with E-state index in [9.17, 15) is 0 Å². The predicted molar refractivity (Wildman–Crippen MR) is 150 cm³/mol. The SMILES string of the molecule is CC[n+]1c(/C=C2C=C(/C=C/C=C/c3ccc(N(C)C)cc3)c3ccccc3O/2)sc2ccccc21. The van der Waals surface area contributed by atoms with Crippen molar-refractivity contribution in [2.24, 2.45) is 0 Å². The number of anilines is 1. The molecule has 5 rings (SSSR count). The van der Waals surface area contributed by atoms with Crippen LogP contribution in [0, 0.1) is 0 Å². The van der Waals surface area contributed by atoms with E-state index in [0.29, 0.717) is 0 Å². The lowest BCUT2D eigenvalue weighted by molar-refractivity contribution is -0.665. The van der Waals surface area contributed by atoms with Gasteiger partial charge in [0, 0.05) is 31.4 Å². The van der Waals surface area contributed by atoms with Crippen molar-refractivity contribution in [1.29, 1.82) is 0 Å². The molecule has 0 radical (unpaired) electrons. The normalized spacial score (nSPS) is 14.5. The summed E-state index contributed by atoms with van der Waals surface area (Å²) in [5.41, 5.74) is 5.87. The van der Waals surface area contributed by atoms with Gasteiger partial charge in [0.2, 0.25) is 5.52 Å². The van der Waals surface area contributed by atoms with Gasteiger partial charge in [-0.1, -0.05) is 78.1 Å². The number of allylic oxidation sites excluding steroid dienone is 5. The first-order valence-corrected chi connectivity index (χ1v) is 12.7. The van der Waals surface area contributed by atoms with E-state index in [-0.39, 0.29) is 0 Å². The Labute approximate surface area is 211 Å². The van der Waals surface area contributed by atoms with E-state index >= 15 is 0 Å². The third kappa shape index (κ3) is 4.98. The summed E-state index contributed by atoms with van der Waals surface area (Å²) in [6.07, 6.45) is 12.7. The largest absolute Gasteiger partial charge is 0.456 e. The molecule has 0 N–H and O–H groups in total. The van der Waals surface area contributed by atoms with Gasteiger partial charge in [0.25, 0.3) is 5.01 Å². The minimum Gasteiger partial charge on any atom is -0.456 e. The molecule has 1 aliphatic rings. The molecular formula is C31H29N2OS+. The minimum atomic E-state index is 0.848. The van der Waals surface area contributed by atoms with Crippen LogP contribution in [0.5, 0.6) is 5.75 Å². The molecule has 1 aromatic heterocycles. The number of ether oxygens (including phenoxy) is 1. The maximum Gasteiger partial charge on any atom is 0.266 e. The third-order valence-electron chi connectivity index (χ3n) is 6.03. The van der Waals surface area contributed by atoms with Crippen LogP contribution in [0.3, 0.4) is 0 Å². The van der Waals surface area contributed by atoms with E-state index in [1.807, 2.05) is 12.1 Å². The molecule has 4 aromatic rings. The van der Waals surface area contributed by atoms with Crippen LogP contribution in [-0.4, -0.2) is 14.1 Å². The zero-order valence-corrected chi connectivity index (χ0v) is 21.1. The Morgan fingerprint density at radius 3 is 2.43 bits per heavy atom. The molecule has 0 saturated heterocycles. The molecule has 0 saturated carbocycles. The molecule has 174 valence electrons. The summed E-state index contributed by atoms with van der Waals surface area (Å²) >= 11 is 1.79. The van der Waals surface area contributed by atoms with Gasteiger partial charge >= 0.3 is 0 Å². The molecule has 2 heterocycles. The standard InChI is InChI=1S/C31H29N2OS/c1-4-33-28-14-8-10-16-30(28)35-31(33)22-26-21-24(27-13-7-9-15-29(27)34-26)12-6-5-11-23-17-19-25(20-18-23)32(2)3/h5-22H,4H2,1-3H3/q+1. The van der Waals surface area contributed by atoms with Crippen LogP contribution >= 0.6 is 11.3 Å². The fraction of sp³-hybridized carbons (Fsp3) is 0.129. The zero-order valence-electron chi connectivity index (χ0n) is 20.3. The van der Waals surface area contributed by atoms with Gasteiger partial charge in [-0.25, -0.2) is 0 Å². The summed E-state index contributed by atoms with van der Waals surface area (Å²) in [6, 6.07) is 25.3. The number of hydrogen-bond acceptors (Lipinski definition) is 3. The number of aryl methyl sites for hydroxylation is 1. The van der Waals surface area contributed by atoms with Crippen molar-refractivity contribution in [2.75, 3.05) is 19.0 Å². The average Bonchev–Trinajstić information content (AvgIpc) is 3.23. The molecule has 0 aliphatic carbocycles. The number of benzene rings is 3.